The van der Waals surface area contributed by atoms with Gasteiger partial charge in [0.25, 0.3) is 0 Å². The van der Waals surface area contributed by atoms with Crippen molar-refractivity contribution >= 4 is 19.7 Å². The van der Waals surface area contributed by atoms with Gasteiger partial charge in [-0.2, -0.15) is 0 Å². The quantitative estimate of drug-likeness (QED) is 0.0205. The van der Waals surface area contributed by atoms with E-state index in [-0.39, 0.29) is 31.5 Å². The van der Waals surface area contributed by atoms with Crippen molar-refractivity contribution in [1.29, 1.82) is 0 Å². The van der Waals surface area contributed by atoms with E-state index in [2.05, 4.69) is 74.7 Å². The normalized spacial score (nSPS) is 13.9. The average molecular weight is 1140 g/mol. The minimum Gasteiger partial charge on any atom is -0.456 e. The third-order valence-corrected chi connectivity index (χ3v) is 16.2. The highest BCUT2D eigenvalue weighted by atomic mass is 31.2. The molecule has 0 spiro atoms. The van der Waals surface area contributed by atoms with Crippen LogP contribution in [0.3, 0.4) is 0 Å². The van der Waals surface area contributed by atoms with E-state index in [9.17, 15) is 19.0 Å². The lowest BCUT2D eigenvalue weighted by Gasteiger charge is -2.27. The Kier molecular flexibility index (Phi) is 58.1. The topological polar surface area (TPSA) is 111 Å². The molecule has 0 fully saturated rings. The maximum Gasteiger partial charge on any atom is 0.472 e. The molecule has 80 heavy (non-hydrogen) atoms. The first-order valence-electron chi connectivity index (χ1n) is 34.1. The smallest absolute Gasteiger partial charge is 0.456 e. The molecule has 0 radical (unpaired) electrons. The minimum absolute atomic E-state index is 0.0387. The van der Waals surface area contributed by atoms with Gasteiger partial charge in [-0.1, -0.05) is 294 Å². The van der Waals surface area contributed by atoms with Crippen molar-refractivity contribution < 1.29 is 37.3 Å². The zero-order valence-corrected chi connectivity index (χ0v) is 54.5. The Morgan fingerprint density at radius 2 is 0.762 bits per heavy atom. The number of esters is 1. The van der Waals surface area contributed by atoms with Gasteiger partial charge in [-0.15, -0.1) is 0 Å². The largest absolute Gasteiger partial charge is 0.472 e. The number of unbranched alkanes of at least 4 members (excludes halogenated alkanes) is 38. The first-order valence-corrected chi connectivity index (χ1v) is 35.6. The molecule has 3 atom stereocenters. The molecule has 3 unspecified atom stereocenters. The second-order valence-corrected chi connectivity index (χ2v) is 25.8. The maximum atomic E-state index is 13.6. The van der Waals surface area contributed by atoms with Crippen LogP contribution in [-0.2, 0) is 27.9 Å². The molecule has 0 aromatic carbocycles. The number of rotatable bonds is 62. The summed E-state index contributed by atoms with van der Waals surface area (Å²) >= 11 is 0. The van der Waals surface area contributed by atoms with Crippen LogP contribution < -0.4 is 5.32 Å². The lowest BCUT2D eigenvalue weighted by Crippen LogP contribution is -2.47. The summed E-state index contributed by atoms with van der Waals surface area (Å²) in [6, 6.07) is -0.852. The van der Waals surface area contributed by atoms with Gasteiger partial charge in [0.1, 0.15) is 19.3 Å². The molecule has 9 nitrogen and oxygen atoms in total. The highest BCUT2D eigenvalue weighted by Gasteiger charge is 2.30. The number of amides is 1. The number of nitrogens with one attached hydrogen (secondary N) is 1. The number of ether oxygens (including phenoxy) is 1. The van der Waals surface area contributed by atoms with Crippen LogP contribution >= 0.6 is 7.82 Å². The minimum atomic E-state index is -4.45. The summed E-state index contributed by atoms with van der Waals surface area (Å²) in [6.07, 6.45) is 76.5. The zero-order valence-electron chi connectivity index (χ0n) is 53.6. The highest BCUT2D eigenvalue weighted by molar-refractivity contribution is 7.47. The summed E-state index contributed by atoms with van der Waals surface area (Å²) in [5.41, 5.74) is 0. The zero-order chi connectivity index (χ0) is 58.6. The molecule has 0 heterocycles. The lowest BCUT2D eigenvalue weighted by atomic mass is 10.0. The van der Waals surface area contributed by atoms with Crippen LogP contribution in [0.2, 0.25) is 0 Å². The molecule has 468 valence electrons. The lowest BCUT2D eigenvalue weighted by molar-refractivity contribution is -0.870. The van der Waals surface area contributed by atoms with Gasteiger partial charge in [0.2, 0.25) is 5.91 Å². The van der Waals surface area contributed by atoms with Crippen LogP contribution in [0, 0.1) is 0 Å². The molecule has 0 aliphatic heterocycles. The van der Waals surface area contributed by atoms with Crippen LogP contribution in [-0.4, -0.2) is 74.3 Å². The fraction of sp³-hybridized carbons (Fsp3) is 0.829. The number of phosphoric ester groups is 1. The van der Waals surface area contributed by atoms with Gasteiger partial charge in [0, 0.05) is 12.8 Å². The number of quaternary nitrogens is 1. The van der Waals surface area contributed by atoms with E-state index >= 15 is 0 Å². The highest BCUT2D eigenvalue weighted by Crippen LogP contribution is 2.43. The molecule has 0 aliphatic carbocycles. The second-order valence-electron chi connectivity index (χ2n) is 24.4. The Bertz CT molecular complexity index is 1550. The van der Waals surface area contributed by atoms with Gasteiger partial charge < -0.3 is 19.4 Å². The third-order valence-electron chi connectivity index (χ3n) is 15.2. The van der Waals surface area contributed by atoms with E-state index in [4.69, 9.17) is 13.8 Å². The van der Waals surface area contributed by atoms with Crippen LogP contribution in [0.5, 0.6) is 0 Å². The molecule has 10 heteroatoms. The Balaban J connectivity index is 5.15. The van der Waals surface area contributed by atoms with E-state index in [1.807, 2.05) is 33.3 Å². The van der Waals surface area contributed by atoms with Crippen LogP contribution in [0.15, 0.2) is 60.8 Å². The van der Waals surface area contributed by atoms with E-state index in [1.165, 1.54) is 199 Å². The molecular weight excluding hydrogens is 1010 g/mol. The number of carbonyl (C=O) groups excluding carboxylic acids is 2. The van der Waals surface area contributed by atoms with Gasteiger partial charge in [0.05, 0.1) is 33.8 Å². The number of phosphoric acid groups is 1. The monoisotopic (exact) mass is 1140 g/mol. The molecule has 0 saturated heterocycles. The summed E-state index contributed by atoms with van der Waals surface area (Å²) in [6.45, 7) is 7.02. The first kappa shape index (κ1) is 77.7. The van der Waals surface area contributed by atoms with Crippen molar-refractivity contribution in [3.8, 4) is 0 Å². The third kappa shape index (κ3) is 60.3. The summed E-state index contributed by atoms with van der Waals surface area (Å²) in [7, 11) is 1.50. The Morgan fingerprint density at radius 1 is 0.438 bits per heavy atom. The number of nitrogens with zero attached hydrogens (tertiary/aromatic N) is 1. The molecule has 0 aromatic rings. The van der Waals surface area contributed by atoms with Crippen molar-refractivity contribution in [1.82, 2.24) is 5.32 Å². The van der Waals surface area contributed by atoms with Gasteiger partial charge in [0.15, 0.2) is 0 Å². The van der Waals surface area contributed by atoms with Crippen LogP contribution in [0.1, 0.15) is 323 Å². The summed E-state index contributed by atoms with van der Waals surface area (Å²) in [5.74, 6) is -0.505. The summed E-state index contributed by atoms with van der Waals surface area (Å²) < 4.78 is 30.8. The van der Waals surface area contributed by atoms with E-state index < -0.39 is 20.0 Å². The van der Waals surface area contributed by atoms with Crippen molar-refractivity contribution in [3.63, 3.8) is 0 Å². The van der Waals surface area contributed by atoms with Gasteiger partial charge >= 0.3 is 13.8 Å². The predicted molar refractivity (Wildman–Crippen MR) is 346 cm³/mol. The average Bonchev–Trinajstić information content (AvgIpc) is 3.43. The number of hydrogen-bond donors (Lipinski definition) is 2. The van der Waals surface area contributed by atoms with Crippen LogP contribution in [0.25, 0.3) is 0 Å². The molecule has 2 N–H and O–H groups in total. The standard InChI is InChI=1S/C70H131N2O7P/c1-7-10-13-16-19-22-25-28-30-32-34-35-36-37-39-41-43-45-48-51-54-57-60-63-70(74)79-68(61-58-55-52-49-46-27-24-21-18-15-12-9-3)67(66-78-80(75,76)77-65-64-72(4,5)6)71-69(73)62-59-56-53-50-47-44-42-40-38-33-31-29-26-23-20-17-14-11-8-2/h19,22,28,30,34-35,37,39,58,61,67-68H,7-18,20-21,23-27,29,31-33,36,38,40-57,59-60,62-66H2,1-6H3,(H-,71,73,75,76)/p+1/b22-19-,30-28-,35-34-,39-37-,61-58+. The number of hydrogen-bond acceptors (Lipinski definition) is 6. The predicted octanol–water partition coefficient (Wildman–Crippen LogP) is 21.4. The van der Waals surface area contributed by atoms with Crippen molar-refractivity contribution in [2.45, 2.75) is 335 Å². The molecule has 1 amide bonds. The molecule has 0 aliphatic rings. The number of likely N-dealkylation sites (N-methyl/N-ethyl adjacent to an activating group) is 1. The van der Waals surface area contributed by atoms with Crippen molar-refractivity contribution in [3.05, 3.63) is 60.8 Å². The van der Waals surface area contributed by atoms with E-state index in [0.717, 1.165) is 89.9 Å². The SMILES string of the molecule is CCCCC/C=C\C/C=C\C/C=C\C/C=C\CCCCCCCCCC(=O)OC(/C=C/CCCCCCCCCCCC)C(COP(=O)(O)OCC[N+](C)(C)C)NC(=O)CCCCCCCCCCCCCCCCCCCCC. The summed E-state index contributed by atoms with van der Waals surface area (Å²) in [5, 5.41) is 3.07. The van der Waals surface area contributed by atoms with Gasteiger partial charge in [-0.05, 0) is 76.7 Å². The van der Waals surface area contributed by atoms with Gasteiger partial charge in [-0.25, -0.2) is 4.57 Å². The Hall–Kier alpha value is -2.29. The van der Waals surface area contributed by atoms with E-state index in [0.29, 0.717) is 17.4 Å². The molecule has 0 rings (SSSR count). The number of allylic oxidation sites excluding steroid dienone is 9. The fourth-order valence-electron chi connectivity index (χ4n) is 9.93. The van der Waals surface area contributed by atoms with Crippen molar-refractivity contribution in [2.75, 3.05) is 40.9 Å². The van der Waals surface area contributed by atoms with Crippen molar-refractivity contribution in [2.24, 2.45) is 0 Å². The Morgan fingerprint density at radius 3 is 1.16 bits per heavy atom. The van der Waals surface area contributed by atoms with Gasteiger partial charge in [-0.3, -0.25) is 18.6 Å². The Labute approximate surface area is 496 Å². The van der Waals surface area contributed by atoms with Crippen LogP contribution in [0.4, 0.5) is 0 Å². The fourth-order valence-corrected chi connectivity index (χ4v) is 10.7. The maximum absolute atomic E-state index is 13.6. The molecule has 0 aromatic heterocycles. The summed E-state index contributed by atoms with van der Waals surface area (Å²) in [4.78, 5) is 37.8. The van der Waals surface area contributed by atoms with E-state index in [1.54, 1.807) is 0 Å². The molecule has 0 bridgehead atoms. The molecule has 0 saturated carbocycles. The first-order chi connectivity index (χ1) is 38.9. The second kappa shape index (κ2) is 59.9. The number of carbonyl (C=O) groups is 2. The molecular formula is C70H132N2O7P+.